The number of hydrogen-bond donors (Lipinski definition) is 3. The summed E-state index contributed by atoms with van der Waals surface area (Å²) in [6, 6.07) is 2.21. The first kappa shape index (κ1) is 12.6. The quantitative estimate of drug-likeness (QED) is 0.771. The average Bonchev–Trinajstić information content (AvgIpc) is 2.69. The van der Waals surface area contributed by atoms with Gasteiger partial charge in [-0.1, -0.05) is 6.92 Å². The predicted octanol–water partition coefficient (Wildman–Crippen LogP) is 2.04. The van der Waals surface area contributed by atoms with E-state index in [1.165, 1.54) is 0 Å². The van der Waals surface area contributed by atoms with E-state index in [0.717, 1.165) is 18.6 Å². The molecule has 1 aromatic rings. The molecule has 0 radical (unpaired) electrons. The van der Waals surface area contributed by atoms with Crippen LogP contribution in [-0.2, 0) is 4.79 Å². The molecule has 0 aromatic heterocycles. The summed E-state index contributed by atoms with van der Waals surface area (Å²) in [6.45, 7) is 2.28. The number of hydrogen-bond acceptors (Lipinski definition) is 3. The Bertz CT molecular complexity index is 434. The number of amides is 1. The maximum atomic E-state index is 13.0. The molecule has 0 aliphatic carbocycles. The Morgan fingerprint density at radius 3 is 2.33 bits per heavy atom. The number of rotatable bonds is 4. The van der Waals surface area contributed by atoms with Crippen molar-refractivity contribution in [3.05, 3.63) is 23.8 Å². The van der Waals surface area contributed by atoms with Gasteiger partial charge in [0.1, 0.15) is 6.17 Å². The van der Waals surface area contributed by atoms with E-state index in [9.17, 15) is 13.6 Å². The minimum atomic E-state index is -0.890. The van der Waals surface area contributed by atoms with Crippen molar-refractivity contribution in [1.29, 1.82) is 0 Å². The third kappa shape index (κ3) is 2.69. The maximum absolute atomic E-state index is 13.0. The van der Waals surface area contributed by atoms with E-state index < -0.39 is 11.6 Å². The molecular formula is C12H15F2N3O. The lowest BCUT2D eigenvalue weighted by Gasteiger charge is -2.13. The van der Waals surface area contributed by atoms with Crippen LogP contribution in [0.3, 0.4) is 0 Å². The van der Waals surface area contributed by atoms with Crippen molar-refractivity contribution in [2.45, 2.75) is 25.9 Å². The molecule has 6 heteroatoms. The third-order valence-corrected chi connectivity index (χ3v) is 2.70. The van der Waals surface area contributed by atoms with E-state index in [1.807, 2.05) is 6.92 Å². The van der Waals surface area contributed by atoms with Crippen molar-refractivity contribution < 1.29 is 13.6 Å². The summed E-state index contributed by atoms with van der Waals surface area (Å²) in [5.74, 6) is -1.81. The Hall–Kier alpha value is -1.85. The molecule has 1 heterocycles. The van der Waals surface area contributed by atoms with Crippen LogP contribution in [0.5, 0.6) is 0 Å². The van der Waals surface area contributed by atoms with E-state index in [1.54, 1.807) is 0 Å². The Balaban J connectivity index is 1.92. The lowest BCUT2D eigenvalue weighted by Crippen LogP contribution is -2.38. The van der Waals surface area contributed by atoms with Gasteiger partial charge in [-0.15, -0.1) is 0 Å². The zero-order valence-electron chi connectivity index (χ0n) is 10.0. The van der Waals surface area contributed by atoms with E-state index >= 15 is 0 Å². The molecule has 0 bridgehead atoms. The van der Waals surface area contributed by atoms with Crippen molar-refractivity contribution >= 4 is 17.3 Å². The van der Waals surface area contributed by atoms with Gasteiger partial charge in [0, 0.05) is 18.6 Å². The van der Waals surface area contributed by atoms with Crippen LogP contribution in [0.2, 0.25) is 0 Å². The van der Waals surface area contributed by atoms with Crippen LogP contribution >= 0.6 is 0 Å². The fourth-order valence-electron chi connectivity index (χ4n) is 1.83. The second kappa shape index (κ2) is 5.20. The van der Waals surface area contributed by atoms with Gasteiger partial charge in [-0.25, -0.2) is 8.78 Å². The molecule has 18 heavy (non-hydrogen) atoms. The normalized spacial score (nSPS) is 13.7. The summed E-state index contributed by atoms with van der Waals surface area (Å²) in [5, 5.41) is 8.67. The molecule has 0 atom stereocenters. The summed E-state index contributed by atoms with van der Waals surface area (Å²) >= 11 is 0. The molecule has 0 spiro atoms. The summed E-state index contributed by atoms with van der Waals surface area (Å²) in [4.78, 5) is 11.3. The summed E-state index contributed by atoms with van der Waals surface area (Å²) in [5.41, 5.74) is 1.01. The summed E-state index contributed by atoms with van der Waals surface area (Å²) in [6.07, 6.45) is 1.01. The lowest BCUT2D eigenvalue weighted by atomic mass is 10.2. The van der Waals surface area contributed by atoms with E-state index in [-0.39, 0.29) is 12.1 Å². The molecule has 0 saturated carbocycles. The highest BCUT2D eigenvalue weighted by Crippen LogP contribution is 2.30. The van der Waals surface area contributed by atoms with Gasteiger partial charge in [-0.3, -0.25) is 4.79 Å². The molecule has 2 rings (SSSR count). The molecule has 0 unspecified atom stereocenters. The molecule has 3 N–H and O–H groups in total. The fraction of sp³-hybridized carbons (Fsp3) is 0.417. The van der Waals surface area contributed by atoms with Gasteiger partial charge in [0.15, 0.2) is 11.6 Å². The molecule has 4 nitrogen and oxygen atoms in total. The van der Waals surface area contributed by atoms with Crippen LogP contribution in [-0.4, -0.2) is 18.6 Å². The highest BCUT2D eigenvalue weighted by atomic mass is 19.2. The van der Waals surface area contributed by atoms with Crippen LogP contribution in [0.25, 0.3) is 0 Å². The smallest absolute Gasteiger partial charge is 0.220 e. The van der Waals surface area contributed by atoms with Gasteiger partial charge in [-0.05, 0) is 6.42 Å². The third-order valence-electron chi connectivity index (χ3n) is 2.70. The van der Waals surface area contributed by atoms with Crippen molar-refractivity contribution in [3.8, 4) is 0 Å². The second-order valence-electron chi connectivity index (χ2n) is 4.21. The van der Waals surface area contributed by atoms with E-state index in [0.29, 0.717) is 24.3 Å². The van der Waals surface area contributed by atoms with Crippen LogP contribution in [0.1, 0.15) is 19.8 Å². The van der Waals surface area contributed by atoms with Gasteiger partial charge in [0.05, 0.1) is 17.9 Å². The van der Waals surface area contributed by atoms with Gasteiger partial charge in [0.2, 0.25) is 5.91 Å². The number of halogens is 2. The molecule has 0 fully saturated rings. The number of benzene rings is 1. The Morgan fingerprint density at radius 1 is 1.28 bits per heavy atom. The predicted molar refractivity (Wildman–Crippen MR) is 65.3 cm³/mol. The first-order chi connectivity index (χ1) is 8.60. The highest BCUT2D eigenvalue weighted by molar-refractivity contribution is 5.77. The summed E-state index contributed by atoms with van der Waals surface area (Å²) < 4.78 is 26.0. The van der Waals surface area contributed by atoms with Crippen LogP contribution in [0, 0.1) is 11.6 Å². The van der Waals surface area contributed by atoms with Crippen molar-refractivity contribution in [3.63, 3.8) is 0 Å². The first-order valence-electron chi connectivity index (χ1n) is 5.89. The van der Waals surface area contributed by atoms with Crippen molar-refractivity contribution in [2.24, 2.45) is 0 Å². The number of fused-ring (bicyclic) bond motifs is 1. The Labute approximate surface area is 104 Å². The lowest BCUT2D eigenvalue weighted by molar-refractivity contribution is -0.121. The average molecular weight is 255 g/mol. The molecular weight excluding hydrogens is 240 g/mol. The van der Waals surface area contributed by atoms with E-state index in [4.69, 9.17) is 0 Å². The van der Waals surface area contributed by atoms with Crippen LogP contribution < -0.4 is 16.0 Å². The van der Waals surface area contributed by atoms with Gasteiger partial charge in [0.25, 0.3) is 0 Å². The first-order valence-corrected chi connectivity index (χ1v) is 5.89. The molecule has 0 saturated heterocycles. The standard InChI is InChI=1S/C12H15F2N3O/c1-2-3-12(18)15-6-11-16-9-4-7(13)8(14)5-10(9)17-11/h4-5,11,16-17H,2-3,6H2,1H3,(H,15,18). The number of carbonyl (C=O) groups is 1. The Morgan fingerprint density at radius 2 is 1.83 bits per heavy atom. The number of nitrogens with one attached hydrogen (secondary N) is 3. The zero-order valence-corrected chi connectivity index (χ0v) is 10.0. The largest absolute Gasteiger partial charge is 0.362 e. The minimum absolute atomic E-state index is 0.0329. The fourth-order valence-corrected chi connectivity index (χ4v) is 1.83. The number of anilines is 2. The van der Waals surface area contributed by atoms with Crippen LogP contribution in [0.15, 0.2) is 12.1 Å². The molecule has 1 amide bonds. The second-order valence-corrected chi connectivity index (χ2v) is 4.21. The van der Waals surface area contributed by atoms with Crippen molar-refractivity contribution in [2.75, 3.05) is 17.2 Å². The minimum Gasteiger partial charge on any atom is -0.362 e. The maximum Gasteiger partial charge on any atom is 0.220 e. The van der Waals surface area contributed by atoms with E-state index in [2.05, 4.69) is 16.0 Å². The molecule has 1 aliphatic heterocycles. The number of carbonyl (C=O) groups excluding carboxylic acids is 1. The topological polar surface area (TPSA) is 53.2 Å². The van der Waals surface area contributed by atoms with Gasteiger partial charge in [-0.2, -0.15) is 0 Å². The highest BCUT2D eigenvalue weighted by Gasteiger charge is 2.21. The summed E-state index contributed by atoms with van der Waals surface area (Å²) in [7, 11) is 0. The SMILES string of the molecule is CCCC(=O)NCC1Nc2cc(F)c(F)cc2N1. The monoisotopic (exact) mass is 255 g/mol. The zero-order chi connectivity index (χ0) is 13.1. The van der Waals surface area contributed by atoms with Gasteiger partial charge < -0.3 is 16.0 Å². The van der Waals surface area contributed by atoms with Crippen LogP contribution in [0.4, 0.5) is 20.2 Å². The molecule has 1 aromatic carbocycles. The molecule has 98 valence electrons. The Kier molecular flexibility index (Phi) is 3.64. The molecule has 1 aliphatic rings. The van der Waals surface area contributed by atoms with Crippen molar-refractivity contribution in [1.82, 2.24) is 5.32 Å². The van der Waals surface area contributed by atoms with Gasteiger partial charge >= 0.3 is 0 Å².